The fraction of sp³-hybridized carbons (Fsp3) is 0.200. The highest BCUT2D eigenvalue weighted by Crippen LogP contribution is 2.38. The molecule has 0 saturated carbocycles. The summed E-state index contributed by atoms with van der Waals surface area (Å²) in [5.41, 5.74) is 6.28. The molecule has 0 saturated heterocycles. The van der Waals surface area contributed by atoms with E-state index >= 15 is 0 Å². The van der Waals surface area contributed by atoms with Gasteiger partial charge >= 0.3 is 0 Å². The predicted octanol–water partition coefficient (Wildman–Crippen LogP) is 6.56. The van der Waals surface area contributed by atoms with Crippen LogP contribution in [0.2, 0.25) is 10.0 Å². The van der Waals surface area contributed by atoms with Gasteiger partial charge in [0.2, 0.25) is 0 Å². The Labute approximate surface area is 200 Å². The van der Waals surface area contributed by atoms with E-state index in [0.29, 0.717) is 46.8 Å². The number of halogens is 2. The first-order valence-electron chi connectivity index (χ1n) is 10.4. The van der Waals surface area contributed by atoms with Gasteiger partial charge in [0.1, 0.15) is 12.3 Å². The molecular weight excluding hydrogens is 461 g/mol. The van der Waals surface area contributed by atoms with E-state index in [1.165, 1.54) is 0 Å². The molecule has 168 valence electrons. The van der Waals surface area contributed by atoms with E-state index in [9.17, 15) is 0 Å². The molecule has 0 radical (unpaired) electrons. The van der Waals surface area contributed by atoms with Crippen molar-refractivity contribution in [3.05, 3.63) is 81.2 Å². The minimum atomic E-state index is 0.336. The largest absolute Gasteiger partial charge is 0.380 e. The van der Waals surface area contributed by atoms with Crippen LogP contribution in [0.25, 0.3) is 33.2 Å². The molecule has 1 N–H and O–H groups in total. The zero-order valence-corrected chi connectivity index (χ0v) is 19.6. The van der Waals surface area contributed by atoms with Gasteiger partial charge in [-0.15, -0.1) is 0 Å². The van der Waals surface area contributed by atoms with Gasteiger partial charge in [0.25, 0.3) is 0 Å². The van der Waals surface area contributed by atoms with Gasteiger partial charge in [0.05, 0.1) is 24.0 Å². The van der Waals surface area contributed by atoms with E-state index in [2.05, 4.69) is 15.1 Å². The summed E-state index contributed by atoms with van der Waals surface area (Å²) in [5.74, 6) is 0.628. The SMILES string of the molecule is COCc1cc(-c2ncc3[nH]c4ccc(Cl)c(Cc5ccc(Cl)cc5)c4c3c2COC)no1. The molecule has 0 aliphatic carbocycles. The second-order valence-corrected chi connectivity index (χ2v) is 8.64. The van der Waals surface area contributed by atoms with E-state index in [1.54, 1.807) is 14.2 Å². The van der Waals surface area contributed by atoms with Crippen molar-refractivity contribution >= 4 is 45.0 Å². The van der Waals surface area contributed by atoms with Crippen LogP contribution in [0.1, 0.15) is 22.5 Å². The van der Waals surface area contributed by atoms with Crippen LogP contribution in [-0.4, -0.2) is 29.3 Å². The molecule has 5 aromatic rings. The Hall–Kier alpha value is -2.90. The van der Waals surface area contributed by atoms with Crippen molar-refractivity contribution in [3.8, 4) is 11.4 Å². The van der Waals surface area contributed by atoms with E-state index in [0.717, 1.165) is 38.5 Å². The van der Waals surface area contributed by atoms with Crippen molar-refractivity contribution in [2.75, 3.05) is 14.2 Å². The molecule has 3 aromatic heterocycles. The maximum atomic E-state index is 6.74. The number of rotatable bonds is 7. The molecule has 5 rings (SSSR count). The van der Waals surface area contributed by atoms with Crippen molar-refractivity contribution in [1.29, 1.82) is 0 Å². The summed E-state index contributed by atoms with van der Waals surface area (Å²) in [5, 5.41) is 7.67. The van der Waals surface area contributed by atoms with E-state index in [4.69, 9.17) is 37.2 Å². The van der Waals surface area contributed by atoms with Crippen molar-refractivity contribution in [1.82, 2.24) is 15.1 Å². The van der Waals surface area contributed by atoms with Crippen LogP contribution in [0.3, 0.4) is 0 Å². The number of fused-ring (bicyclic) bond motifs is 3. The molecule has 0 amide bonds. The van der Waals surface area contributed by atoms with Gasteiger partial charge in [-0.1, -0.05) is 40.5 Å². The van der Waals surface area contributed by atoms with Gasteiger partial charge in [-0.25, -0.2) is 0 Å². The van der Waals surface area contributed by atoms with Crippen LogP contribution < -0.4 is 0 Å². The Kier molecular flexibility index (Phi) is 6.08. The lowest BCUT2D eigenvalue weighted by molar-refractivity contribution is 0.156. The van der Waals surface area contributed by atoms with Crippen LogP contribution in [0.4, 0.5) is 0 Å². The lowest BCUT2D eigenvalue weighted by atomic mass is 9.97. The van der Waals surface area contributed by atoms with Crippen LogP contribution in [0.5, 0.6) is 0 Å². The minimum absolute atomic E-state index is 0.336. The summed E-state index contributed by atoms with van der Waals surface area (Å²) in [4.78, 5) is 8.17. The van der Waals surface area contributed by atoms with Gasteiger partial charge in [-0.2, -0.15) is 0 Å². The third-order valence-electron chi connectivity index (χ3n) is 5.63. The highest BCUT2D eigenvalue weighted by molar-refractivity contribution is 6.33. The lowest BCUT2D eigenvalue weighted by Crippen LogP contribution is -1.98. The Morgan fingerprint density at radius 2 is 1.67 bits per heavy atom. The molecule has 0 aliphatic heterocycles. The van der Waals surface area contributed by atoms with Crippen LogP contribution >= 0.6 is 23.2 Å². The fourth-order valence-electron chi connectivity index (χ4n) is 4.21. The third kappa shape index (κ3) is 4.11. The third-order valence-corrected chi connectivity index (χ3v) is 6.23. The summed E-state index contributed by atoms with van der Waals surface area (Å²) >= 11 is 12.8. The predicted molar refractivity (Wildman–Crippen MR) is 130 cm³/mol. The van der Waals surface area contributed by atoms with Crippen LogP contribution in [0.15, 0.2) is 53.2 Å². The number of nitrogens with one attached hydrogen (secondary N) is 1. The summed E-state index contributed by atoms with van der Waals surface area (Å²) in [7, 11) is 3.28. The number of methoxy groups -OCH3 is 2. The van der Waals surface area contributed by atoms with Gasteiger partial charge in [0.15, 0.2) is 5.76 Å². The van der Waals surface area contributed by atoms with Crippen molar-refractivity contribution in [3.63, 3.8) is 0 Å². The average molecular weight is 482 g/mol. The van der Waals surface area contributed by atoms with Crippen molar-refractivity contribution in [2.24, 2.45) is 0 Å². The van der Waals surface area contributed by atoms with Gasteiger partial charge in [0, 0.05) is 52.2 Å². The molecule has 33 heavy (non-hydrogen) atoms. The Morgan fingerprint density at radius 3 is 2.42 bits per heavy atom. The number of hydrogen-bond donors (Lipinski definition) is 1. The fourth-order valence-corrected chi connectivity index (χ4v) is 4.56. The molecule has 0 aliphatic rings. The molecule has 0 fully saturated rings. The first-order chi connectivity index (χ1) is 16.1. The maximum Gasteiger partial charge on any atom is 0.163 e. The van der Waals surface area contributed by atoms with Gasteiger partial charge in [-0.3, -0.25) is 4.98 Å². The first kappa shape index (κ1) is 21.9. The highest BCUT2D eigenvalue weighted by Gasteiger charge is 2.21. The zero-order valence-electron chi connectivity index (χ0n) is 18.1. The molecule has 2 aromatic carbocycles. The van der Waals surface area contributed by atoms with E-state index < -0.39 is 0 Å². The Balaban J connectivity index is 1.75. The summed E-state index contributed by atoms with van der Waals surface area (Å²) < 4.78 is 16.2. The highest BCUT2D eigenvalue weighted by atomic mass is 35.5. The average Bonchev–Trinajstić information content (AvgIpc) is 3.42. The molecule has 0 atom stereocenters. The number of pyridine rings is 1. The molecule has 3 heterocycles. The van der Waals surface area contributed by atoms with Crippen molar-refractivity contribution < 1.29 is 14.0 Å². The van der Waals surface area contributed by atoms with Crippen LogP contribution in [0, 0.1) is 0 Å². The molecule has 0 bridgehead atoms. The summed E-state index contributed by atoms with van der Waals surface area (Å²) in [6.45, 7) is 0.689. The Morgan fingerprint density at radius 1 is 0.909 bits per heavy atom. The maximum absolute atomic E-state index is 6.74. The monoisotopic (exact) mass is 481 g/mol. The van der Waals surface area contributed by atoms with E-state index in [-0.39, 0.29) is 0 Å². The second kappa shape index (κ2) is 9.15. The van der Waals surface area contributed by atoms with E-state index in [1.807, 2.05) is 48.7 Å². The second-order valence-electron chi connectivity index (χ2n) is 7.80. The number of ether oxygens (including phenoxy) is 2. The normalized spacial score (nSPS) is 11.6. The number of benzene rings is 2. The molecule has 0 unspecified atom stereocenters. The smallest absolute Gasteiger partial charge is 0.163 e. The molecule has 0 spiro atoms. The molecule has 6 nitrogen and oxygen atoms in total. The minimum Gasteiger partial charge on any atom is -0.380 e. The summed E-state index contributed by atoms with van der Waals surface area (Å²) in [6.07, 6.45) is 2.47. The first-order valence-corrected chi connectivity index (χ1v) is 11.1. The summed E-state index contributed by atoms with van der Waals surface area (Å²) in [6, 6.07) is 13.6. The standard InChI is InChI=1S/C25H21Cl2N3O3/c1-31-12-16-10-21(30-33-16)25-18(13-32-2)24-22(11-28-25)29-20-8-7-19(27)17(23(20)24)9-14-3-5-15(26)6-4-14/h3-8,10-11,29H,9,12-13H2,1-2H3. The topological polar surface area (TPSA) is 73.2 Å². The van der Waals surface area contributed by atoms with Crippen LogP contribution in [-0.2, 0) is 29.1 Å². The number of H-pyrrole nitrogens is 1. The quantitative estimate of drug-likeness (QED) is 0.284. The molecule has 8 heteroatoms. The van der Waals surface area contributed by atoms with Gasteiger partial charge in [-0.05, 0) is 41.8 Å². The lowest BCUT2D eigenvalue weighted by Gasteiger charge is -2.11. The van der Waals surface area contributed by atoms with Crippen molar-refractivity contribution in [2.45, 2.75) is 19.6 Å². The number of aromatic nitrogens is 3. The number of hydrogen-bond acceptors (Lipinski definition) is 5. The number of aromatic amines is 1. The Bertz CT molecular complexity index is 1440. The zero-order chi connectivity index (χ0) is 22.9. The molecular formula is C25H21Cl2N3O3. The van der Waals surface area contributed by atoms with Gasteiger partial charge < -0.3 is 19.0 Å². The number of nitrogens with zero attached hydrogens (tertiary/aromatic N) is 2.